The van der Waals surface area contributed by atoms with Gasteiger partial charge in [-0.05, 0) is 148 Å². The summed E-state index contributed by atoms with van der Waals surface area (Å²) in [5.41, 5.74) is 0. The minimum atomic E-state index is -4.95. The Morgan fingerprint density at radius 3 is 0.725 bits per heavy atom. The smallest absolute Gasteiger partial charge is 0.463 e. The lowest BCUT2D eigenvalue weighted by atomic mass is 10.0. The Morgan fingerprint density at radius 2 is 0.459 bits per heavy atom. The molecule has 109 heavy (non-hydrogen) atoms. The van der Waals surface area contributed by atoms with Gasteiger partial charge >= 0.3 is 33.6 Å². The maximum absolute atomic E-state index is 13.0. The van der Waals surface area contributed by atoms with E-state index < -0.39 is 91.5 Å². The molecular weight excluding hydrogens is 1410 g/mol. The average molecular weight is 1560 g/mol. The van der Waals surface area contributed by atoms with Crippen LogP contribution < -0.4 is 0 Å². The third-order valence-corrected chi connectivity index (χ3v) is 19.3. The summed E-state index contributed by atoms with van der Waals surface area (Å²) in [7, 11) is -9.82. The fraction of sp³-hybridized carbons (Fsp3) is 0.659. The topological polar surface area (TPSA) is 231 Å². The van der Waals surface area contributed by atoms with E-state index in [1.54, 1.807) is 0 Å². The number of unbranched alkanes of at least 4 members (excludes halogenated alkanes) is 28. The Kier molecular flexibility index (Phi) is 78.5. The van der Waals surface area contributed by atoms with Gasteiger partial charge in [0.05, 0.1) is 26.4 Å². The number of carbonyl (C=O) groups excluding carboxylic acids is 3. The summed E-state index contributed by atoms with van der Waals surface area (Å²) < 4.78 is 61.3. The number of carbonyl (C=O) groups is 3. The molecule has 0 saturated carbocycles. The summed E-state index contributed by atoms with van der Waals surface area (Å²) >= 11 is 0. The van der Waals surface area contributed by atoms with Crippen LogP contribution in [0.15, 0.2) is 170 Å². The number of aliphatic hydroxyl groups is 2. The molecule has 0 amide bonds. The summed E-state index contributed by atoms with van der Waals surface area (Å²) in [5, 5.41) is 20.7. The molecule has 0 radical (unpaired) electrons. The molecule has 0 heterocycles. The highest BCUT2D eigenvalue weighted by Gasteiger charge is 2.29. The molecular formula is C91H152O16P2. The highest BCUT2D eigenvalue weighted by Crippen LogP contribution is 2.45. The van der Waals surface area contributed by atoms with Crippen LogP contribution >= 0.6 is 15.6 Å². The number of aliphatic hydroxyl groups excluding tert-OH is 2. The SMILES string of the molecule is CC/C=C\C/C=C\C/C=C\C/C=C\C/C=C\CCCCCCCCCCCCCCCCCCCC(=O)OCC(O)COP(=O)(O)OCC(O)COP(=O)(O)OCC(COC(=O)CCCCCCC/C=C\C/C=C\C/C=C\C/C=C\C/C=C\CC)OC(=O)CCCCCCCC/C=C\C/C=C\C/C=C\C/C=C\CC. The summed E-state index contributed by atoms with van der Waals surface area (Å²) in [5.74, 6) is -1.61. The molecule has 5 unspecified atom stereocenters. The number of phosphoric acid groups is 2. The van der Waals surface area contributed by atoms with Crippen LogP contribution in [0.1, 0.15) is 329 Å². The van der Waals surface area contributed by atoms with E-state index in [-0.39, 0.29) is 19.3 Å². The summed E-state index contributed by atoms with van der Waals surface area (Å²) in [6.07, 6.45) is 105. The van der Waals surface area contributed by atoms with Crippen molar-refractivity contribution >= 4 is 33.6 Å². The van der Waals surface area contributed by atoms with Crippen LogP contribution in [0.4, 0.5) is 0 Å². The van der Waals surface area contributed by atoms with Gasteiger partial charge in [-0.25, -0.2) is 9.13 Å². The van der Waals surface area contributed by atoms with Crippen molar-refractivity contribution in [1.82, 2.24) is 0 Å². The van der Waals surface area contributed by atoms with Crippen molar-refractivity contribution in [3.8, 4) is 0 Å². The molecule has 18 heteroatoms. The van der Waals surface area contributed by atoms with Gasteiger partial charge in [0.25, 0.3) is 0 Å². The van der Waals surface area contributed by atoms with Gasteiger partial charge in [0.15, 0.2) is 6.10 Å². The van der Waals surface area contributed by atoms with Gasteiger partial charge in [-0.3, -0.25) is 32.5 Å². The summed E-state index contributed by atoms with van der Waals surface area (Å²) in [4.78, 5) is 58.8. The first-order valence-corrected chi connectivity index (χ1v) is 45.4. The van der Waals surface area contributed by atoms with Crippen LogP contribution in [0.2, 0.25) is 0 Å². The molecule has 4 N–H and O–H groups in total. The van der Waals surface area contributed by atoms with Gasteiger partial charge in [0.2, 0.25) is 0 Å². The van der Waals surface area contributed by atoms with Gasteiger partial charge < -0.3 is 34.2 Å². The van der Waals surface area contributed by atoms with Crippen LogP contribution in [0, 0.1) is 0 Å². The second-order valence-corrected chi connectivity index (χ2v) is 30.7. The maximum Gasteiger partial charge on any atom is 0.472 e. The van der Waals surface area contributed by atoms with Crippen LogP contribution in [0.25, 0.3) is 0 Å². The van der Waals surface area contributed by atoms with Crippen molar-refractivity contribution in [1.29, 1.82) is 0 Å². The normalized spacial score (nSPS) is 14.7. The largest absolute Gasteiger partial charge is 0.472 e. The standard InChI is InChI=1S/C91H152O16P2/c1-4-7-10-13-16-19-22-25-28-31-34-36-37-38-39-40-41-42-43-44-45-46-47-49-52-53-56-59-62-65-68-71-74-77-89(94)101-80-86(92)81-103-108(97,98)104-82-87(93)83-105-109(99,100)106-85-88(107-91(96)79-76-73-70-67-64-61-58-55-50-33-30-27-24-21-18-15-12-9-6-3)84-102-90(95)78-75-72-69-66-63-60-57-54-51-48-35-32-29-26-23-20-17-14-11-8-5-2/h7-12,16-21,25-30,34-36,38-39,48,50,54-55,57,86-88,92-93H,4-6,13-15,22-24,31-33,37,40-47,49,51-53,56,58-85H2,1-3H3,(H,97,98)(H,99,100)/b10-7-,11-8-,12-9-,19-16-,20-17-,21-18-,28-25-,29-26-,30-27-,36-34-,39-38-,48-35-,55-50-,57-54-. The highest BCUT2D eigenvalue weighted by atomic mass is 31.2. The Morgan fingerprint density at radius 1 is 0.257 bits per heavy atom. The number of allylic oxidation sites excluding steroid dienone is 28. The van der Waals surface area contributed by atoms with E-state index in [4.69, 9.17) is 32.3 Å². The van der Waals surface area contributed by atoms with Crippen molar-refractivity contribution < 1.29 is 75.8 Å². The first-order chi connectivity index (χ1) is 53.2. The molecule has 0 fully saturated rings. The van der Waals surface area contributed by atoms with E-state index in [2.05, 4.69) is 191 Å². The van der Waals surface area contributed by atoms with Gasteiger partial charge in [0, 0.05) is 19.3 Å². The molecule has 16 nitrogen and oxygen atoms in total. The Bertz CT molecular complexity index is 2660. The molecule has 0 aliphatic carbocycles. The molecule has 0 aromatic heterocycles. The highest BCUT2D eigenvalue weighted by molar-refractivity contribution is 7.47. The fourth-order valence-electron chi connectivity index (χ4n) is 11.1. The molecule has 5 atom stereocenters. The molecule has 622 valence electrons. The van der Waals surface area contributed by atoms with Crippen LogP contribution in [0.5, 0.6) is 0 Å². The Balaban J connectivity index is 4.54. The van der Waals surface area contributed by atoms with Gasteiger partial charge in [0.1, 0.15) is 25.4 Å². The quantitative estimate of drug-likeness (QED) is 0.0146. The average Bonchev–Trinajstić information content (AvgIpc) is 0.896. The number of hydrogen-bond acceptors (Lipinski definition) is 14. The molecule has 0 aliphatic rings. The van der Waals surface area contributed by atoms with E-state index in [1.807, 2.05) is 0 Å². The third-order valence-electron chi connectivity index (χ3n) is 17.4. The van der Waals surface area contributed by atoms with Crippen LogP contribution in [0.3, 0.4) is 0 Å². The second kappa shape index (κ2) is 82.4. The number of esters is 3. The second-order valence-electron chi connectivity index (χ2n) is 27.8. The molecule has 0 aromatic rings. The third kappa shape index (κ3) is 83.7. The zero-order valence-corrected chi connectivity index (χ0v) is 70.0. The number of hydrogen-bond donors (Lipinski definition) is 4. The molecule has 0 saturated heterocycles. The summed E-state index contributed by atoms with van der Waals surface area (Å²) in [6.45, 7) is 2.32. The van der Waals surface area contributed by atoms with E-state index in [9.17, 15) is 43.5 Å². The number of ether oxygens (including phenoxy) is 3. The van der Waals surface area contributed by atoms with Crippen molar-refractivity contribution in [2.75, 3.05) is 39.6 Å². The van der Waals surface area contributed by atoms with Crippen molar-refractivity contribution in [2.45, 2.75) is 347 Å². The Labute approximate surface area is 662 Å². The number of rotatable bonds is 79. The zero-order chi connectivity index (χ0) is 79.4. The minimum absolute atomic E-state index is 0.0785. The lowest BCUT2D eigenvalue weighted by Gasteiger charge is -2.21. The van der Waals surface area contributed by atoms with Gasteiger partial charge in [-0.1, -0.05) is 332 Å². The first-order valence-electron chi connectivity index (χ1n) is 42.4. The predicted molar refractivity (Wildman–Crippen MR) is 454 cm³/mol. The first kappa shape index (κ1) is 104. The fourth-order valence-corrected chi connectivity index (χ4v) is 12.7. The van der Waals surface area contributed by atoms with E-state index >= 15 is 0 Å². The van der Waals surface area contributed by atoms with E-state index in [0.717, 1.165) is 180 Å². The number of phosphoric ester groups is 2. The van der Waals surface area contributed by atoms with Crippen molar-refractivity contribution in [2.24, 2.45) is 0 Å². The molecule has 0 aromatic carbocycles. The van der Waals surface area contributed by atoms with Crippen LogP contribution in [-0.4, -0.2) is 95.9 Å². The monoisotopic (exact) mass is 1560 g/mol. The lowest BCUT2D eigenvalue weighted by molar-refractivity contribution is -0.161. The van der Waals surface area contributed by atoms with E-state index in [1.165, 1.54) is 89.9 Å². The predicted octanol–water partition coefficient (Wildman–Crippen LogP) is 25.5. The van der Waals surface area contributed by atoms with Gasteiger partial charge in [-0.2, -0.15) is 0 Å². The van der Waals surface area contributed by atoms with Crippen molar-refractivity contribution in [3.63, 3.8) is 0 Å². The lowest BCUT2D eigenvalue weighted by Crippen LogP contribution is -2.30. The van der Waals surface area contributed by atoms with E-state index in [0.29, 0.717) is 19.3 Å². The summed E-state index contributed by atoms with van der Waals surface area (Å²) in [6, 6.07) is 0. The zero-order valence-electron chi connectivity index (χ0n) is 68.2. The minimum Gasteiger partial charge on any atom is -0.463 e. The molecule has 0 aliphatic heterocycles. The van der Waals surface area contributed by atoms with Crippen molar-refractivity contribution in [3.05, 3.63) is 170 Å². The van der Waals surface area contributed by atoms with Crippen LogP contribution in [-0.2, 0) is 55.8 Å². The molecule has 0 bridgehead atoms. The molecule has 0 rings (SSSR count). The maximum atomic E-state index is 13.0. The molecule has 0 spiro atoms. The van der Waals surface area contributed by atoms with Gasteiger partial charge in [-0.15, -0.1) is 0 Å². The Hall–Kier alpha value is -5.09.